The van der Waals surface area contributed by atoms with Gasteiger partial charge in [-0.15, -0.1) is 11.3 Å². The molecule has 0 aliphatic heterocycles. The number of hydrogen-bond acceptors (Lipinski definition) is 4. The number of hydrogen-bond donors (Lipinski definition) is 1. The molecular formula is C16H20N2OS. The Bertz CT molecular complexity index is 590. The molecule has 1 saturated carbocycles. The zero-order valence-corrected chi connectivity index (χ0v) is 12.8. The molecule has 0 saturated heterocycles. The molecule has 1 aromatic heterocycles. The van der Waals surface area contributed by atoms with Gasteiger partial charge in [0.05, 0.1) is 10.7 Å². The summed E-state index contributed by atoms with van der Waals surface area (Å²) >= 11 is 1.67. The molecule has 4 heteroatoms. The number of aryl methyl sites for hydroxylation is 2. The number of para-hydroxylation sites is 1. The Labute approximate surface area is 124 Å². The third-order valence-electron chi connectivity index (χ3n) is 3.48. The summed E-state index contributed by atoms with van der Waals surface area (Å²) in [4.78, 5) is 4.45. The van der Waals surface area contributed by atoms with Crippen LogP contribution in [0.15, 0.2) is 23.6 Å². The molecule has 1 N–H and O–H groups in total. The number of thiazole rings is 1. The Hall–Kier alpha value is -1.39. The maximum atomic E-state index is 6.02. The summed E-state index contributed by atoms with van der Waals surface area (Å²) in [7, 11) is 0. The molecule has 0 atom stereocenters. The van der Waals surface area contributed by atoms with Gasteiger partial charge in [-0.2, -0.15) is 0 Å². The lowest BCUT2D eigenvalue weighted by molar-refractivity contribution is 0.296. The van der Waals surface area contributed by atoms with Crippen LogP contribution in [0, 0.1) is 13.8 Å². The standard InChI is InChI=1S/C16H20N2OS/c1-11-4-3-5-13(8-17-14-6-7-14)16(11)19-9-15-10-20-12(2)18-15/h3-5,10,14,17H,6-9H2,1-2H3. The van der Waals surface area contributed by atoms with E-state index in [1.807, 2.05) is 6.92 Å². The predicted molar refractivity (Wildman–Crippen MR) is 82.2 cm³/mol. The van der Waals surface area contributed by atoms with Gasteiger partial charge < -0.3 is 10.1 Å². The fourth-order valence-corrected chi connectivity index (χ4v) is 2.82. The summed E-state index contributed by atoms with van der Waals surface area (Å²) in [6.45, 7) is 5.55. The quantitative estimate of drug-likeness (QED) is 0.882. The fourth-order valence-electron chi connectivity index (χ4n) is 2.22. The molecule has 1 aromatic carbocycles. The van der Waals surface area contributed by atoms with Gasteiger partial charge in [-0.1, -0.05) is 18.2 Å². The normalized spacial score (nSPS) is 14.5. The predicted octanol–water partition coefficient (Wildman–Crippen LogP) is 3.59. The summed E-state index contributed by atoms with van der Waals surface area (Å²) < 4.78 is 6.02. The fraction of sp³-hybridized carbons (Fsp3) is 0.438. The molecule has 1 aliphatic rings. The van der Waals surface area contributed by atoms with Gasteiger partial charge >= 0.3 is 0 Å². The van der Waals surface area contributed by atoms with E-state index >= 15 is 0 Å². The summed E-state index contributed by atoms with van der Waals surface area (Å²) in [6, 6.07) is 7.05. The Morgan fingerprint density at radius 2 is 2.20 bits per heavy atom. The number of nitrogens with one attached hydrogen (secondary N) is 1. The minimum atomic E-state index is 0.547. The van der Waals surface area contributed by atoms with Crippen molar-refractivity contribution >= 4 is 11.3 Å². The average molecular weight is 288 g/mol. The summed E-state index contributed by atoms with van der Waals surface area (Å²) in [5.41, 5.74) is 3.44. The highest BCUT2D eigenvalue weighted by Crippen LogP contribution is 2.26. The van der Waals surface area contributed by atoms with Crippen LogP contribution in [0.25, 0.3) is 0 Å². The zero-order chi connectivity index (χ0) is 13.9. The highest BCUT2D eigenvalue weighted by molar-refractivity contribution is 7.09. The summed E-state index contributed by atoms with van der Waals surface area (Å²) in [5.74, 6) is 1.01. The molecule has 3 rings (SSSR count). The van der Waals surface area contributed by atoms with Gasteiger partial charge in [-0.3, -0.25) is 0 Å². The van der Waals surface area contributed by atoms with E-state index in [2.05, 4.69) is 40.8 Å². The van der Waals surface area contributed by atoms with E-state index in [-0.39, 0.29) is 0 Å². The van der Waals surface area contributed by atoms with Crippen LogP contribution in [0.5, 0.6) is 5.75 Å². The van der Waals surface area contributed by atoms with Gasteiger partial charge in [-0.25, -0.2) is 4.98 Å². The maximum absolute atomic E-state index is 6.02. The molecule has 1 fully saturated rings. The van der Waals surface area contributed by atoms with Crippen molar-refractivity contribution in [2.45, 2.75) is 45.9 Å². The van der Waals surface area contributed by atoms with Crippen LogP contribution in [0.1, 0.15) is 34.7 Å². The van der Waals surface area contributed by atoms with Gasteiger partial charge in [0.1, 0.15) is 12.4 Å². The first-order chi connectivity index (χ1) is 9.72. The second kappa shape index (κ2) is 5.94. The van der Waals surface area contributed by atoms with Crippen molar-refractivity contribution in [2.75, 3.05) is 0 Å². The van der Waals surface area contributed by atoms with Crippen molar-refractivity contribution in [1.82, 2.24) is 10.3 Å². The first kappa shape index (κ1) is 13.6. The van der Waals surface area contributed by atoms with E-state index in [1.165, 1.54) is 24.0 Å². The summed E-state index contributed by atoms with van der Waals surface area (Å²) in [5, 5.41) is 6.70. The molecule has 3 nitrogen and oxygen atoms in total. The number of ether oxygens (including phenoxy) is 1. The third-order valence-corrected chi connectivity index (χ3v) is 4.31. The van der Waals surface area contributed by atoms with Crippen molar-refractivity contribution in [2.24, 2.45) is 0 Å². The van der Waals surface area contributed by atoms with Crippen LogP contribution in [0.4, 0.5) is 0 Å². The first-order valence-corrected chi connectivity index (χ1v) is 7.96. The van der Waals surface area contributed by atoms with E-state index < -0.39 is 0 Å². The van der Waals surface area contributed by atoms with Gasteiger partial charge in [0.2, 0.25) is 0 Å². The SMILES string of the molecule is Cc1nc(COc2c(C)cccc2CNC2CC2)cs1. The first-order valence-electron chi connectivity index (χ1n) is 7.08. The van der Waals surface area contributed by atoms with Crippen molar-refractivity contribution in [3.8, 4) is 5.75 Å². The number of benzene rings is 1. The maximum Gasteiger partial charge on any atom is 0.131 e. The van der Waals surface area contributed by atoms with Gasteiger partial charge in [-0.05, 0) is 32.3 Å². The van der Waals surface area contributed by atoms with E-state index in [9.17, 15) is 0 Å². The monoisotopic (exact) mass is 288 g/mol. The Kier molecular flexibility index (Phi) is 4.03. The minimum Gasteiger partial charge on any atom is -0.487 e. The second-order valence-corrected chi connectivity index (χ2v) is 6.43. The molecular weight excluding hydrogens is 268 g/mol. The second-order valence-electron chi connectivity index (χ2n) is 5.36. The van der Waals surface area contributed by atoms with Crippen molar-refractivity contribution in [3.63, 3.8) is 0 Å². The van der Waals surface area contributed by atoms with Gasteiger partial charge in [0.15, 0.2) is 0 Å². The van der Waals surface area contributed by atoms with Crippen molar-refractivity contribution in [1.29, 1.82) is 0 Å². The molecule has 2 aromatic rings. The molecule has 1 heterocycles. The largest absolute Gasteiger partial charge is 0.487 e. The van der Waals surface area contributed by atoms with Crippen LogP contribution in [-0.2, 0) is 13.2 Å². The lowest BCUT2D eigenvalue weighted by atomic mass is 10.1. The number of rotatable bonds is 6. The third kappa shape index (κ3) is 3.38. The van der Waals surface area contributed by atoms with Gasteiger partial charge in [0, 0.05) is 23.5 Å². The Morgan fingerprint density at radius 1 is 1.35 bits per heavy atom. The van der Waals surface area contributed by atoms with E-state index in [1.54, 1.807) is 11.3 Å². The topological polar surface area (TPSA) is 34.1 Å². The summed E-state index contributed by atoms with van der Waals surface area (Å²) in [6.07, 6.45) is 2.61. The van der Waals surface area contributed by atoms with E-state index in [4.69, 9.17) is 4.74 Å². The van der Waals surface area contributed by atoms with Crippen molar-refractivity contribution < 1.29 is 4.74 Å². The smallest absolute Gasteiger partial charge is 0.131 e. The lowest BCUT2D eigenvalue weighted by Crippen LogP contribution is -2.16. The highest BCUT2D eigenvalue weighted by Gasteiger charge is 2.20. The minimum absolute atomic E-state index is 0.547. The molecule has 0 unspecified atom stereocenters. The molecule has 106 valence electrons. The highest BCUT2D eigenvalue weighted by atomic mass is 32.1. The molecule has 0 spiro atoms. The average Bonchev–Trinajstić information content (AvgIpc) is 3.17. The van der Waals surface area contributed by atoms with Gasteiger partial charge in [0.25, 0.3) is 0 Å². The van der Waals surface area contributed by atoms with Crippen LogP contribution in [0.3, 0.4) is 0 Å². The number of nitrogens with zero attached hydrogens (tertiary/aromatic N) is 1. The number of aromatic nitrogens is 1. The molecule has 0 bridgehead atoms. The van der Waals surface area contributed by atoms with E-state index in [0.29, 0.717) is 12.6 Å². The van der Waals surface area contributed by atoms with Crippen LogP contribution in [-0.4, -0.2) is 11.0 Å². The van der Waals surface area contributed by atoms with Crippen LogP contribution < -0.4 is 10.1 Å². The van der Waals surface area contributed by atoms with E-state index in [0.717, 1.165) is 23.0 Å². The molecule has 0 amide bonds. The zero-order valence-electron chi connectivity index (χ0n) is 12.0. The Morgan fingerprint density at radius 3 is 2.90 bits per heavy atom. The van der Waals surface area contributed by atoms with Crippen molar-refractivity contribution in [3.05, 3.63) is 45.4 Å². The molecule has 0 radical (unpaired) electrons. The van der Waals surface area contributed by atoms with Crippen LogP contribution >= 0.6 is 11.3 Å². The lowest BCUT2D eigenvalue weighted by Gasteiger charge is -2.14. The Balaban J connectivity index is 1.69. The molecule has 1 aliphatic carbocycles. The molecule has 20 heavy (non-hydrogen) atoms. The van der Waals surface area contributed by atoms with Crippen LogP contribution in [0.2, 0.25) is 0 Å².